The number of hydrogen-bond acceptors (Lipinski definition) is 4. The van der Waals surface area contributed by atoms with Crippen LogP contribution in [-0.4, -0.2) is 34.9 Å². The molecular formula is C11H17N3O4S. The lowest BCUT2D eigenvalue weighted by Crippen LogP contribution is -2.43. The van der Waals surface area contributed by atoms with E-state index in [1.165, 1.54) is 18.4 Å². The predicted molar refractivity (Wildman–Crippen MR) is 69.5 cm³/mol. The van der Waals surface area contributed by atoms with Gasteiger partial charge in [0.2, 0.25) is 10.0 Å². The van der Waals surface area contributed by atoms with Crippen LogP contribution in [0.25, 0.3) is 0 Å². The molecule has 7 nitrogen and oxygen atoms in total. The Balaban J connectivity index is 2.58. The van der Waals surface area contributed by atoms with E-state index in [1.54, 1.807) is 0 Å². The van der Waals surface area contributed by atoms with Gasteiger partial charge in [0.15, 0.2) is 4.90 Å². The fourth-order valence-electron chi connectivity index (χ4n) is 2.20. The number of hydrogen-bond donors (Lipinski definition) is 0. The SMILES string of the molecule is Cn1cc(S(=O)(=O)N2CCCCC2)c(=O)n(C)c1=O. The summed E-state index contributed by atoms with van der Waals surface area (Å²) in [5, 5.41) is 0. The van der Waals surface area contributed by atoms with E-state index < -0.39 is 21.3 Å². The van der Waals surface area contributed by atoms with Crippen molar-refractivity contribution in [1.82, 2.24) is 13.4 Å². The third kappa shape index (κ3) is 2.37. The zero-order valence-electron chi connectivity index (χ0n) is 11.0. The summed E-state index contributed by atoms with van der Waals surface area (Å²) >= 11 is 0. The molecular weight excluding hydrogens is 270 g/mol. The van der Waals surface area contributed by atoms with E-state index >= 15 is 0 Å². The normalized spacial score (nSPS) is 17.6. The maximum Gasteiger partial charge on any atom is 0.330 e. The van der Waals surface area contributed by atoms with Gasteiger partial charge in [0.05, 0.1) is 0 Å². The average molecular weight is 287 g/mol. The highest BCUT2D eigenvalue weighted by Gasteiger charge is 2.29. The number of sulfonamides is 1. The number of piperidine rings is 1. The Bertz CT molecular complexity index is 696. The fraction of sp³-hybridized carbons (Fsp3) is 0.636. The number of aryl methyl sites for hydroxylation is 1. The van der Waals surface area contributed by atoms with Crippen molar-refractivity contribution in [3.63, 3.8) is 0 Å². The molecule has 8 heteroatoms. The summed E-state index contributed by atoms with van der Waals surface area (Å²) in [5.74, 6) is 0. The van der Waals surface area contributed by atoms with Crippen LogP contribution in [0.2, 0.25) is 0 Å². The zero-order valence-corrected chi connectivity index (χ0v) is 11.8. The lowest BCUT2D eigenvalue weighted by atomic mass is 10.2. The molecule has 0 aliphatic carbocycles. The Morgan fingerprint density at radius 2 is 1.63 bits per heavy atom. The molecule has 0 aromatic carbocycles. The van der Waals surface area contributed by atoms with Crippen molar-refractivity contribution in [3.05, 3.63) is 27.0 Å². The summed E-state index contributed by atoms with van der Waals surface area (Å²) in [6, 6.07) is 0. The van der Waals surface area contributed by atoms with Crippen molar-refractivity contribution >= 4 is 10.0 Å². The molecule has 0 radical (unpaired) electrons. The highest BCUT2D eigenvalue weighted by Crippen LogP contribution is 2.17. The van der Waals surface area contributed by atoms with E-state index in [-0.39, 0.29) is 4.90 Å². The van der Waals surface area contributed by atoms with Gasteiger partial charge in [0.25, 0.3) is 5.56 Å². The first-order valence-corrected chi connectivity index (χ1v) is 7.56. The Kier molecular flexibility index (Phi) is 3.64. The Hall–Kier alpha value is -1.41. The zero-order chi connectivity index (χ0) is 14.2. The molecule has 0 atom stereocenters. The summed E-state index contributed by atoms with van der Waals surface area (Å²) in [7, 11) is -1.11. The van der Waals surface area contributed by atoms with Gasteiger partial charge in [-0.3, -0.25) is 9.36 Å². The monoisotopic (exact) mass is 287 g/mol. The second kappa shape index (κ2) is 4.93. The lowest BCUT2D eigenvalue weighted by Gasteiger charge is -2.25. The topological polar surface area (TPSA) is 81.4 Å². The highest BCUT2D eigenvalue weighted by molar-refractivity contribution is 7.89. The minimum atomic E-state index is -3.81. The summed E-state index contributed by atoms with van der Waals surface area (Å²) in [5.41, 5.74) is -1.31. The predicted octanol–water partition coefficient (Wildman–Crippen LogP) is -0.741. The molecule has 0 spiro atoms. The molecule has 0 bridgehead atoms. The molecule has 19 heavy (non-hydrogen) atoms. The third-order valence-electron chi connectivity index (χ3n) is 3.35. The first kappa shape index (κ1) is 14.0. The first-order valence-electron chi connectivity index (χ1n) is 6.12. The smallest absolute Gasteiger partial charge is 0.302 e. The molecule has 1 aromatic rings. The summed E-state index contributed by atoms with van der Waals surface area (Å²) in [4.78, 5) is 23.2. The molecule has 2 rings (SSSR count). The molecule has 1 aliphatic heterocycles. The molecule has 2 heterocycles. The van der Waals surface area contributed by atoms with Crippen molar-refractivity contribution in [3.8, 4) is 0 Å². The van der Waals surface area contributed by atoms with Crippen LogP contribution in [0.15, 0.2) is 20.7 Å². The van der Waals surface area contributed by atoms with E-state index in [1.807, 2.05) is 0 Å². The quantitative estimate of drug-likeness (QED) is 0.717. The van der Waals surface area contributed by atoms with Gasteiger partial charge in [-0.2, -0.15) is 4.31 Å². The van der Waals surface area contributed by atoms with E-state index in [9.17, 15) is 18.0 Å². The second-order valence-electron chi connectivity index (χ2n) is 4.72. The Morgan fingerprint density at radius 1 is 1.05 bits per heavy atom. The standard InChI is InChI=1S/C11H17N3O4S/c1-12-8-9(10(15)13(2)11(12)16)19(17,18)14-6-4-3-5-7-14/h8H,3-7H2,1-2H3. The van der Waals surface area contributed by atoms with Crippen LogP contribution >= 0.6 is 0 Å². The Morgan fingerprint density at radius 3 is 2.21 bits per heavy atom. The largest absolute Gasteiger partial charge is 0.330 e. The van der Waals surface area contributed by atoms with Crippen molar-refractivity contribution < 1.29 is 8.42 Å². The molecule has 1 saturated heterocycles. The maximum absolute atomic E-state index is 12.4. The van der Waals surface area contributed by atoms with Gasteiger partial charge in [0.1, 0.15) is 0 Å². The molecule has 1 aliphatic rings. The van der Waals surface area contributed by atoms with Crippen LogP contribution in [-0.2, 0) is 24.1 Å². The van der Waals surface area contributed by atoms with Crippen LogP contribution in [0.1, 0.15) is 19.3 Å². The number of rotatable bonds is 2. The molecule has 0 unspecified atom stereocenters. The molecule has 0 N–H and O–H groups in total. The highest BCUT2D eigenvalue weighted by atomic mass is 32.2. The van der Waals surface area contributed by atoms with Crippen molar-refractivity contribution in [2.75, 3.05) is 13.1 Å². The number of aromatic nitrogens is 2. The molecule has 0 amide bonds. The van der Waals surface area contributed by atoms with E-state index in [0.717, 1.165) is 34.6 Å². The van der Waals surface area contributed by atoms with Gasteiger partial charge in [-0.1, -0.05) is 6.42 Å². The molecule has 0 saturated carbocycles. The molecule has 1 aromatic heterocycles. The molecule has 106 valence electrons. The van der Waals surface area contributed by atoms with Gasteiger partial charge >= 0.3 is 5.69 Å². The molecule has 1 fully saturated rings. The van der Waals surface area contributed by atoms with Gasteiger partial charge in [-0.15, -0.1) is 0 Å². The second-order valence-corrected chi connectivity index (χ2v) is 6.62. The van der Waals surface area contributed by atoms with Gasteiger partial charge in [-0.25, -0.2) is 13.2 Å². The summed E-state index contributed by atoms with van der Waals surface area (Å²) < 4.78 is 28.1. The third-order valence-corrected chi connectivity index (χ3v) is 5.23. The minimum absolute atomic E-state index is 0.334. The van der Waals surface area contributed by atoms with Gasteiger partial charge in [-0.05, 0) is 12.8 Å². The van der Waals surface area contributed by atoms with Crippen LogP contribution in [0.3, 0.4) is 0 Å². The Labute approximate surface area is 111 Å². The minimum Gasteiger partial charge on any atom is -0.302 e. The van der Waals surface area contributed by atoms with Crippen LogP contribution in [0.4, 0.5) is 0 Å². The van der Waals surface area contributed by atoms with Crippen LogP contribution in [0.5, 0.6) is 0 Å². The first-order chi connectivity index (χ1) is 8.85. The van der Waals surface area contributed by atoms with Crippen LogP contribution < -0.4 is 11.2 Å². The van der Waals surface area contributed by atoms with Gasteiger partial charge < -0.3 is 4.57 Å². The maximum atomic E-state index is 12.4. The summed E-state index contributed by atoms with van der Waals surface area (Å²) in [6.07, 6.45) is 3.70. The number of nitrogens with zero attached hydrogens (tertiary/aromatic N) is 3. The van der Waals surface area contributed by atoms with Crippen molar-refractivity contribution in [2.45, 2.75) is 24.2 Å². The van der Waals surface area contributed by atoms with Crippen molar-refractivity contribution in [1.29, 1.82) is 0 Å². The van der Waals surface area contributed by atoms with Crippen molar-refractivity contribution in [2.24, 2.45) is 14.1 Å². The lowest BCUT2D eigenvalue weighted by molar-refractivity contribution is 0.345. The summed E-state index contributed by atoms with van der Waals surface area (Å²) in [6.45, 7) is 0.850. The fourth-order valence-corrected chi connectivity index (χ4v) is 3.86. The van der Waals surface area contributed by atoms with Crippen LogP contribution in [0, 0.1) is 0 Å². The average Bonchev–Trinajstić information content (AvgIpc) is 2.41. The van der Waals surface area contributed by atoms with E-state index in [0.29, 0.717) is 13.1 Å². The van der Waals surface area contributed by atoms with E-state index in [2.05, 4.69) is 0 Å². The van der Waals surface area contributed by atoms with Gasteiger partial charge in [0, 0.05) is 33.4 Å². The van der Waals surface area contributed by atoms with E-state index in [4.69, 9.17) is 0 Å².